The van der Waals surface area contributed by atoms with E-state index in [1.807, 2.05) is 0 Å². The van der Waals surface area contributed by atoms with Crippen molar-refractivity contribution < 1.29 is 9.47 Å². The summed E-state index contributed by atoms with van der Waals surface area (Å²) >= 11 is 3.69. The number of ether oxygens (including phenoxy) is 2. The van der Waals surface area contributed by atoms with Gasteiger partial charge in [-0.25, -0.2) is 0 Å². The summed E-state index contributed by atoms with van der Waals surface area (Å²) in [7, 11) is 0. The van der Waals surface area contributed by atoms with E-state index in [2.05, 4.69) is 53.2 Å². The Labute approximate surface area is 133 Å². The van der Waals surface area contributed by atoms with Crippen molar-refractivity contribution in [1.29, 1.82) is 0 Å². The van der Waals surface area contributed by atoms with Crippen molar-refractivity contribution in [3.63, 3.8) is 0 Å². The molecule has 3 heteroatoms. The van der Waals surface area contributed by atoms with Crippen LogP contribution in [0, 0.1) is 0 Å². The molecule has 0 aromatic rings. The Balaban J connectivity index is 1.59. The first-order chi connectivity index (χ1) is 10.2. The van der Waals surface area contributed by atoms with E-state index in [0.29, 0.717) is 6.79 Å². The molecule has 0 N–H and O–H groups in total. The Morgan fingerprint density at radius 2 is 2.19 bits per heavy atom. The van der Waals surface area contributed by atoms with Crippen LogP contribution in [0.25, 0.3) is 0 Å². The van der Waals surface area contributed by atoms with Crippen LogP contribution in [0.3, 0.4) is 0 Å². The summed E-state index contributed by atoms with van der Waals surface area (Å²) in [5.74, 6) is 0.918. The average Bonchev–Trinajstić information content (AvgIpc) is 3.17. The zero-order valence-corrected chi connectivity index (χ0v) is 13.6. The van der Waals surface area contributed by atoms with E-state index < -0.39 is 0 Å². The first kappa shape index (κ1) is 13.4. The quantitative estimate of drug-likeness (QED) is 0.730. The lowest BCUT2D eigenvalue weighted by molar-refractivity contribution is 0.0629. The van der Waals surface area contributed by atoms with Crippen LogP contribution in [0.5, 0.6) is 0 Å². The molecule has 3 aliphatic carbocycles. The molecule has 0 amide bonds. The molecule has 21 heavy (non-hydrogen) atoms. The third-order valence-corrected chi connectivity index (χ3v) is 5.31. The fraction of sp³-hybridized carbons (Fsp3) is 0.333. The minimum atomic E-state index is -0.0280. The predicted molar refractivity (Wildman–Crippen MR) is 86.7 cm³/mol. The van der Waals surface area contributed by atoms with Gasteiger partial charge in [0.15, 0.2) is 6.79 Å². The predicted octanol–water partition coefficient (Wildman–Crippen LogP) is 4.83. The van der Waals surface area contributed by atoms with E-state index in [1.165, 1.54) is 27.9 Å². The first-order valence-corrected chi connectivity index (χ1v) is 8.16. The zero-order valence-electron chi connectivity index (χ0n) is 12.0. The Morgan fingerprint density at radius 1 is 1.29 bits per heavy atom. The van der Waals surface area contributed by atoms with Gasteiger partial charge in [0.1, 0.15) is 11.9 Å². The summed E-state index contributed by atoms with van der Waals surface area (Å²) in [6.07, 6.45) is 14.4. The van der Waals surface area contributed by atoms with Gasteiger partial charge >= 0.3 is 0 Å². The second-order valence-corrected chi connectivity index (χ2v) is 6.58. The van der Waals surface area contributed by atoms with Crippen LogP contribution >= 0.6 is 15.9 Å². The standard InChI is InChI=1S/C18H17BrO2/c1-11-8-15-14(9-16-18(17(15)19)21-10-20-16)13(11)7-6-12-4-2-3-5-12/h2-4,8-9,16H,5-7,10H2,1H3. The van der Waals surface area contributed by atoms with Gasteiger partial charge in [0, 0.05) is 0 Å². The molecule has 4 rings (SSSR count). The van der Waals surface area contributed by atoms with Gasteiger partial charge in [0.2, 0.25) is 0 Å². The Kier molecular flexibility index (Phi) is 3.27. The summed E-state index contributed by atoms with van der Waals surface area (Å²) in [5.41, 5.74) is 6.91. The molecule has 4 aliphatic rings. The lowest BCUT2D eigenvalue weighted by Crippen LogP contribution is -2.12. The van der Waals surface area contributed by atoms with Gasteiger partial charge in [0.25, 0.3) is 0 Å². The summed E-state index contributed by atoms with van der Waals surface area (Å²) < 4.78 is 12.3. The molecule has 0 aromatic carbocycles. The van der Waals surface area contributed by atoms with Crippen LogP contribution in [-0.4, -0.2) is 12.9 Å². The molecule has 1 unspecified atom stereocenters. The minimum absolute atomic E-state index is 0.0280. The van der Waals surface area contributed by atoms with Gasteiger partial charge in [0.05, 0.1) is 4.48 Å². The third-order valence-electron chi connectivity index (χ3n) is 4.49. The highest BCUT2D eigenvalue weighted by atomic mass is 79.9. The van der Waals surface area contributed by atoms with Gasteiger partial charge in [-0.2, -0.15) is 0 Å². The van der Waals surface area contributed by atoms with E-state index in [9.17, 15) is 0 Å². The molecule has 0 spiro atoms. The molecule has 1 saturated heterocycles. The SMILES string of the molecule is CC1=C(CCC2=CC=CC2)C2=CC3OCOC3=C(Br)C2=C1. The van der Waals surface area contributed by atoms with Crippen LogP contribution in [0.2, 0.25) is 0 Å². The van der Waals surface area contributed by atoms with Gasteiger partial charge in [-0.05, 0) is 76.6 Å². The normalized spacial score (nSPS) is 26.6. The van der Waals surface area contributed by atoms with Crippen molar-refractivity contribution in [2.24, 2.45) is 0 Å². The highest BCUT2D eigenvalue weighted by molar-refractivity contribution is 9.12. The van der Waals surface area contributed by atoms with Gasteiger partial charge in [-0.1, -0.05) is 23.8 Å². The van der Waals surface area contributed by atoms with Gasteiger partial charge in [-0.3, -0.25) is 0 Å². The molecule has 108 valence electrons. The molecule has 0 radical (unpaired) electrons. The molecule has 1 heterocycles. The monoisotopic (exact) mass is 344 g/mol. The van der Waals surface area contributed by atoms with Gasteiger partial charge < -0.3 is 9.47 Å². The molecule has 1 aliphatic heterocycles. The zero-order chi connectivity index (χ0) is 14.4. The number of rotatable bonds is 3. The summed E-state index contributed by atoms with van der Waals surface area (Å²) in [5, 5.41) is 0. The molecule has 1 atom stereocenters. The number of hydrogen-bond donors (Lipinski definition) is 0. The Morgan fingerprint density at radius 3 is 3.00 bits per heavy atom. The lowest BCUT2D eigenvalue weighted by atomic mass is 9.91. The largest absolute Gasteiger partial charge is 0.468 e. The van der Waals surface area contributed by atoms with Crippen molar-refractivity contribution in [2.45, 2.75) is 32.3 Å². The summed E-state index contributed by atoms with van der Waals surface area (Å²) in [6.45, 7) is 2.55. The van der Waals surface area contributed by atoms with E-state index in [4.69, 9.17) is 9.47 Å². The van der Waals surface area contributed by atoms with Crippen LogP contribution in [0.15, 0.2) is 68.5 Å². The maximum Gasteiger partial charge on any atom is 0.190 e. The lowest BCUT2D eigenvalue weighted by Gasteiger charge is -2.19. The maximum absolute atomic E-state index is 5.64. The van der Waals surface area contributed by atoms with Crippen molar-refractivity contribution >= 4 is 15.9 Å². The molecule has 0 aromatic heterocycles. The molecular weight excluding hydrogens is 328 g/mol. The fourth-order valence-corrected chi connectivity index (χ4v) is 4.02. The second kappa shape index (κ2) is 5.15. The summed E-state index contributed by atoms with van der Waals surface area (Å²) in [4.78, 5) is 0. The van der Waals surface area contributed by atoms with E-state index in [1.54, 1.807) is 0 Å². The van der Waals surface area contributed by atoms with Crippen molar-refractivity contribution in [2.75, 3.05) is 6.79 Å². The second-order valence-electron chi connectivity index (χ2n) is 5.78. The maximum atomic E-state index is 5.64. The Bertz CT molecular complexity index is 686. The Hall–Kier alpha value is -1.32. The van der Waals surface area contributed by atoms with Crippen molar-refractivity contribution in [3.05, 3.63) is 68.5 Å². The molecule has 0 bridgehead atoms. The van der Waals surface area contributed by atoms with Crippen molar-refractivity contribution in [1.82, 2.24) is 0 Å². The smallest absolute Gasteiger partial charge is 0.190 e. The molecule has 0 saturated carbocycles. The average molecular weight is 345 g/mol. The molecule has 1 fully saturated rings. The minimum Gasteiger partial charge on any atom is -0.468 e. The van der Waals surface area contributed by atoms with Crippen LogP contribution in [0.4, 0.5) is 0 Å². The van der Waals surface area contributed by atoms with Crippen LogP contribution in [0.1, 0.15) is 26.2 Å². The van der Waals surface area contributed by atoms with E-state index >= 15 is 0 Å². The first-order valence-electron chi connectivity index (χ1n) is 7.37. The highest BCUT2D eigenvalue weighted by Gasteiger charge is 2.35. The topological polar surface area (TPSA) is 18.5 Å². The fourth-order valence-electron chi connectivity index (χ4n) is 3.35. The van der Waals surface area contributed by atoms with Crippen molar-refractivity contribution in [3.8, 4) is 0 Å². The number of allylic oxidation sites excluding steroid dienone is 10. The summed E-state index contributed by atoms with van der Waals surface area (Å²) in [6, 6.07) is 0. The molecular formula is C18H17BrO2. The number of fused-ring (bicyclic) bond motifs is 2. The van der Waals surface area contributed by atoms with Crippen LogP contribution in [-0.2, 0) is 9.47 Å². The highest BCUT2D eigenvalue weighted by Crippen LogP contribution is 2.46. The van der Waals surface area contributed by atoms with Crippen LogP contribution < -0.4 is 0 Å². The van der Waals surface area contributed by atoms with E-state index in [-0.39, 0.29) is 6.10 Å². The number of halogens is 1. The van der Waals surface area contributed by atoms with Gasteiger partial charge in [-0.15, -0.1) is 0 Å². The number of hydrogen-bond acceptors (Lipinski definition) is 2. The third kappa shape index (κ3) is 2.19. The van der Waals surface area contributed by atoms with E-state index in [0.717, 1.165) is 29.5 Å². The molecule has 2 nitrogen and oxygen atoms in total.